The number of esters is 4. The lowest BCUT2D eigenvalue weighted by atomic mass is 9.99. The average molecular weight is 1340 g/mol. The minimum atomic E-state index is -4.95. The van der Waals surface area contributed by atoms with E-state index in [1.165, 1.54) is 180 Å². The number of carbonyl (C=O) groups is 4. The topological polar surface area (TPSA) is 237 Å². The van der Waals surface area contributed by atoms with Crippen LogP contribution in [0, 0.1) is 11.8 Å². The van der Waals surface area contributed by atoms with Gasteiger partial charge in [0.05, 0.1) is 26.4 Å². The Morgan fingerprint density at radius 3 is 0.835 bits per heavy atom. The third kappa shape index (κ3) is 65.1. The summed E-state index contributed by atoms with van der Waals surface area (Å²) in [6.45, 7) is 9.53. The summed E-state index contributed by atoms with van der Waals surface area (Å²) >= 11 is 0. The third-order valence-electron chi connectivity index (χ3n) is 17.1. The standard InChI is InChI=1S/C72H140O17P2/c1-7-10-12-14-16-18-19-20-21-22-23-24-25-26-31-38-44-50-56-71(76)88-68(61-83-70(75)55-49-43-37-30-28-27-29-34-40-46-52-64(4)5)63-87-91(80,81)85-59-66(73)58-84-90(78,79)86-62-67(60-82-69(74)54-48-42-36-17-15-13-11-8-2)89-72(77)57-51-45-39-33-32-35-41-47-53-65(6)9-3/h64-68,73H,7-63H2,1-6H3,(H,78,79)(H,80,81)/t65?,66-,67+,68+/m0/s1. The molecule has 3 unspecified atom stereocenters. The first kappa shape index (κ1) is 89.1. The summed E-state index contributed by atoms with van der Waals surface area (Å²) in [6.07, 6.45) is 50.0. The highest BCUT2D eigenvalue weighted by Crippen LogP contribution is 2.45. The lowest BCUT2D eigenvalue weighted by Gasteiger charge is -2.21. The average Bonchev–Trinajstić information content (AvgIpc) is 3.35. The smallest absolute Gasteiger partial charge is 0.462 e. The van der Waals surface area contributed by atoms with E-state index in [9.17, 15) is 43.2 Å². The molecule has 0 amide bonds. The van der Waals surface area contributed by atoms with Gasteiger partial charge in [-0.15, -0.1) is 0 Å². The number of hydrogen-bond donors (Lipinski definition) is 3. The van der Waals surface area contributed by atoms with Gasteiger partial charge in [0.25, 0.3) is 0 Å². The number of ether oxygens (including phenoxy) is 4. The highest BCUT2D eigenvalue weighted by atomic mass is 31.2. The summed E-state index contributed by atoms with van der Waals surface area (Å²) in [5.74, 6) is -0.596. The van der Waals surface area contributed by atoms with Gasteiger partial charge in [0.2, 0.25) is 0 Å². The van der Waals surface area contributed by atoms with Crippen LogP contribution in [-0.2, 0) is 65.4 Å². The van der Waals surface area contributed by atoms with Crippen LogP contribution in [0.2, 0.25) is 0 Å². The number of unbranched alkanes of at least 4 members (excludes halogenated alkanes) is 40. The van der Waals surface area contributed by atoms with E-state index in [4.69, 9.17) is 37.0 Å². The molecule has 0 bridgehead atoms. The lowest BCUT2D eigenvalue weighted by molar-refractivity contribution is -0.161. The molecule has 91 heavy (non-hydrogen) atoms. The minimum Gasteiger partial charge on any atom is -0.462 e. The van der Waals surface area contributed by atoms with Crippen LogP contribution in [0.4, 0.5) is 0 Å². The molecule has 540 valence electrons. The number of phosphoric ester groups is 2. The Morgan fingerprint density at radius 1 is 0.319 bits per heavy atom. The van der Waals surface area contributed by atoms with Crippen molar-refractivity contribution in [2.24, 2.45) is 11.8 Å². The van der Waals surface area contributed by atoms with Gasteiger partial charge in [-0.25, -0.2) is 9.13 Å². The minimum absolute atomic E-state index is 0.105. The molecule has 0 saturated heterocycles. The van der Waals surface area contributed by atoms with E-state index >= 15 is 0 Å². The molecule has 0 aliphatic rings. The van der Waals surface area contributed by atoms with E-state index in [2.05, 4.69) is 41.5 Å². The highest BCUT2D eigenvalue weighted by molar-refractivity contribution is 7.47. The van der Waals surface area contributed by atoms with Crippen LogP contribution in [0.25, 0.3) is 0 Å². The maximum atomic E-state index is 13.0. The molecule has 0 saturated carbocycles. The molecule has 0 heterocycles. The van der Waals surface area contributed by atoms with Crippen molar-refractivity contribution < 1.29 is 80.2 Å². The number of aliphatic hydroxyl groups excluding tert-OH is 1. The van der Waals surface area contributed by atoms with Crippen molar-refractivity contribution in [1.29, 1.82) is 0 Å². The molecular formula is C72H140O17P2. The molecule has 0 aromatic heterocycles. The van der Waals surface area contributed by atoms with Gasteiger partial charge in [0, 0.05) is 25.7 Å². The zero-order valence-corrected chi connectivity index (χ0v) is 60.9. The molecule has 0 fully saturated rings. The number of aliphatic hydroxyl groups is 1. The van der Waals surface area contributed by atoms with Crippen LogP contribution in [-0.4, -0.2) is 96.7 Å². The molecule has 17 nitrogen and oxygen atoms in total. The second-order valence-corrected chi connectivity index (χ2v) is 29.6. The summed E-state index contributed by atoms with van der Waals surface area (Å²) in [6, 6.07) is 0. The van der Waals surface area contributed by atoms with Crippen molar-refractivity contribution in [1.82, 2.24) is 0 Å². The Hall–Kier alpha value is -1.94. The fourth-order valence-electron chi connectivity index (χ4n) is 10.9. The first-order valence-electron chi connectivity index (χ1n) is 37.5. The van der Waals surface area contributed by atoms with Crippen molar-refractivity contribution in [3.8, 4) is 0 Å². The Bertz CT molecular complexity index is 1770. The van der Waals surface area contributed by atoms with Gasteiger partial charge >= 0.3 is 39.5 Å². The summed E-state index contributed by atoms with van der Waals surface area (Å²) < 4.78 is 68.3. The van der Waals surface area contributed by atoms with Crippen LogP contribution in [0.1, 0.15) is 369 Å². The van der Waals surface area contributed by atoms with Crippen molar-refractivity contribution in [2.75, 3.05) is 39.6 Å². The first-order chi connectivity index (χ1) is 43.9. The van der Waals surface area contributed by atoms with Gasteiger partial charge in [-0.05, 0) is 37.5 Å². The van der Waals surface area contributed by atoms with Crippen molar-refractivity contribution >= 4 is 39.5 Å². The molecule has 3 N–H and O–H groups in total. The van der Waals surface area contributed by atoms with Gasteiger partial charge < -0.3 is 33.8 Å². The van der Waals surface area contributed by atoms with Gasteiger partial charge in [0.1, 0.15) is 19.3 Å². The predicted molar refractivity (Wildman–Crippen MR) is 368 cm³/mol. The van der Waals surface area contributed by atoms with Crippen LogP contribution >= 0.6 is 15.6 Å². The summed E-state index contributed by atoms with van der Waals surface area (Å²) in [5.41, 5.74) is 0. The Labute approximate surface area is 556 Å². The monoisotopic (exact) mass is 1340 g/mol. The fourth-order valence-corrected chi connectivity index (χ4v) is 12.5. The molecule has 0 aromatic carbocycles. The quantitative estimate of drug-likeness (QED) is 0.0222. The zero-order chi connectivity index (χ0) is 67.2. The van der Waals surface area contributed by atoms with Crippen LogP contribution < -0.4 is 0 Å². The number of hydrogen-bond acceptors (Lipinski definition) is 15. The Balaban J connectivity index is 5.21. The number of rotatable bonds is 71. The second-order valence-electron chi connectivity index (χ2n) is 26.7. The Morgan fingerprint density at radius 2 is 0.560 bits per heavy atom. The molecular weight excluding hydrogens is 1200 g/mol. The summed E-state index contributed by atoms with van der Waals surface area (Å²) in [4.78, 5) is 72.5. The molecule has 0 aliphatic carbocycles. The van der Waals surface area contributed by atoms with Gasteiger partial charge in [-0.3, -0.25) is 37.3 Å². The first-order valence-corrected chi connectivity index (χ1v) is 40.5. The van der Waals surface area contributed by atoms with E-state index in [-0.39, 0.29) is 25.7 Å². The second kappa shape index (κ2) is 64.1. The van der Waals surface area contributed by atoms with E-state index in [1.54, 1.807) is 0 Å². The lowest BCUT2D eigenvalue weighted by Crippen LogP contribution is -2.30. The summed E-state index contributed by atoms with van der Waals surface area (Å²) in [5, 5.41) is 10.6. The van der Waals surface area contributed by atoms with E-state index in [1.807, 2.05) is 0 Å². The van der Waals surface area contributed by atoms with Crippen LogP contribution in [0.15, 0.2) is 0 Å². The molecule has 0 radical (unpaired) electrons. The molecule has 0 aliphatic heterocycles. The fraction of sp³-hybridized carbons (Fsp3) is 0.944. The molecule has 6 atom stereocenters. The van der Waals surface area contributed by atoms with Gasteiger partial charge in [-0.2, -0.15) is 0 Å². The molecule has 0 aromatic rings. The van der Waals surface area contributed by atoms with Crippen molar-refractivity contribution in [3.05, 3.63) is 0 Å². The van der Waals surface area contributed by atoms with Crippen LogP contribution in [0.3, 0.4) is 0 Å². The number of carbonyl (C=O) groups excluding carboxylic acids is 4. The third-order valence-corrected chi connectivity index (χ3v) is 19.0. The predicted octanol–water partition coefficient (Wildman–Crippen LogP) is 20.8. The van der Waals surface area contributed by atoms with Crippen LogP contribution in [0.5, 0.6) is 0 Å². The molecule has 0 rings (SSSR count). The van der Waals surface area contributed by atoms with Crippen molar-refractivity contribution in [3.63, 3.8) is 0 Å². The van der Waals surface area contributed by atoms with E-state index < -0.39 is 97.5 Å². The highest BCUT2D eigenvalue weighted by Gasteiger charge is 2.30. The Kier molecular flexibility index (Phi) is 62.7. The SMILES string of the molecule is CCCCCCCCCCCCCCCCCCCCC(=O)O[C@H](COC(=O)CCCCCCCCCCCCC(C)C)COP(=O)(O)OC[C@@H](O)COP(=O)(O)OC[C@@H](COC(=O)CCCCCCCCCC)OC(=O)CCCCCCCCCCC(C)CC. The summed E-state index contributed by atoms with van der Waals surface area (Å²) in [7, 11) is -9.90. The number of phosphoric acid groups is 2. The van der Waals surface area contributed by atoms with Gasteiger partial charge in [-0.1, -0.05) is 318 Å². The van der Waals surface area contributed by atoms with Crippen molar-refractivity contribution in [2.45, 2.75) is 387 Å². The largest absolute Gasteiger partial charge is 0.472 e. The molecule has 0 spiro atoms. The maximum absolute atomic E-state index is 13.0. The normalized spacial score (nSPS) is 14.4. The van der Waals surface area contributed by atoms with E-state index in [0.717, 1.165) is 108 Å². The zero-order valence-electron chi connectivity index (χ0n) is 59.1. The maximum Gasteiger partial charge on any atom is 0.472 e. The molecule has 19 heteroatoms. The van der Waals surface area contributed by atoms with Gasteiger partial charge in [0.15, 0.2) is 12.2 Å². The van der Waals surface area contributed by atoms with E-state index in [0.29, 0.717) is 25.7 Å².